The van der Waals surface area contributed by atoms with Gasteiger partial charge in [0.1, 0.15) is 5.75 Å². The lowest BCUT2D eigenvalue weighted by molar-refractivity contribution is -0.0504. The van der Waals surface area contributed by atoms with E-state index in [1.54, 1.807) is 25.2 Å². The zero-order valence-corrected chi connectivity index (χ0v) is 16.2. The second-order valence-corrected chi connectivity index (χ2v) is 6.75. The molecule has 0 amide bonds. The number of aliphatic imine (C=N–C) groups is 1. The van der Waals surface area contributed by atoms with Crippen molar-refractivity contribution in [1.82, 2.24) is 10.6 Å². The van der Waals surface area contributed by atoms with Crippen molar-refractivity contribution in [2.24, 2.45) is 4.99 Å². The van der Waals surface area contributed by atoms with Crippen LogP contribution in [0.4, 0.5) is 14.5 Å². The minimum Gasteiger partial charge on any atom is -0.434 e. The minimum atomic E-state index is -2.85. The first-order valence-electron chi connectivity index (χ1n) is 9.37. The fourth-order valence-corrected chi connectivity index (χ4v) is 3.39. The van der Waals surface area contributed by atoms with Crippen LogP contribution in [0.5, 0.6) is 5.75 Å². The van der Waals surface area contributed by atoms with Gasteiger partial charge in [0.2, 0.25) is 0 Å². The first-order valence-corrected chi connectivity index (χ1v) is 9.37. The van der Waals surface area contributed by atoms with Gasteiger partial charge in [-0.1, -0.05) is 30.3 Å². The van der Waals surface area contributed by atoms with E-state index in [0.29, 0.717) is 24.6 Å². The Morgan fingerprint density at radius 2 is 1.96 bits per heavy atom. The summed E-state index contributed by atoms with van der Waals surface area (Å²) >= 11 is 0. The summed E-state index contributed by atoms with van der Waals surface area (Å²) in [5.41, 5.74) is 4.49. The largest absolute Gasteiger partial charge is 0.434 e. The predicted molar refractivity (Wildman–Crippen MR) is 108 cm³/mol. The molecule has 0 radical (unpaired) electrons. The van der Waals surface area contributed by atoms with Gasteiger partial charge in [0.25, 0.3) is 0 Å². The number of anilines is 1. The van der Waals surface area contributed by atoms with Crippen molar-refractivity contribution < 1.29 is 13.5 Å². The number of benzene rings is 2. The summed E-state index contributed by atoms with van der Waals surface area (Å²) in [4.78, 5) is 6.49. The quantitative estimate of drug-likeness (QED) is 0.587. The van der Waals surface area contributed by atoms with Crippen LogP contribution in [0.1, 0.15) is 23.1 Å². The SMILES string of the molecule is CN=C(NCc1ccc2c(c1)CCCN2C)NCc1ccccc1OC(F)F. The average molecular weight is 388 g/mol. The van der Waals surface area contributed by atoms with E-state index in [-0.39, 0.29) is 5.75 Å². The standard InChI is InChI=1S/C21H26F2N4O/c1-24-21(26-14-17-6-3-4-8-19(17)28-20(22)23)25-13-15-9-10-18-16(12-15)7-5-11-27(18)2/h3-4,6,8-10,12,20H,5,7,11,13-14H2,1-2H3,(H2,24,25,26). The summed E-state index contributed by atoms with van der Waals surface area (Å²) in [5, 5.41) is 6.42. The molecule has 1 heterocycles. The average Bonchev–Trinajstić information content (AvgIpc) is 2.69. The van der Waals surface area contributed by atoms with Crippen molar-refractivity contribution in [3.8, 4) is 5.75 Å². The van der Waals surface area contributed by atoms with E-state index in [4.69, 9.17) is 0 Å². The Kier molecular flexibility index (Phi) is 6.68. The molecule has 0 fully saturated rings. The van der Waals surface area contributed by atoms with E-state index >= 15 is 0 Å². The fourth-order valence-electron chi connectivity index (χ4n) is 3.39. The molecular weight excluding hydrogens is 362 g/mol. The van der Waals surface area contributed by atoms with Crippen molar-refractivity contribution in [3.63, 3.8) is 0 Å². The van der Waals surface area contributed by atoms with Gasteiger partial charge in [-0.2, -0.15) is 8.78 Å². The van der Waals surface area contributed by atoms with Crippen molar-refractivity contribution >= 4 is 11.6 Å². The molecule has 2 N–H and O–H groups in total. The van der Waals surface area contributed by atoms with Crippen LogP contribution >= 0.6 is 0 Å². The summed E-state index contributed by atoms with van der Waals surface area (Å²) in [5.74, 6) is 0.765. The molecule has 0 aliphatic carbocycles. The molecule has 28 heavy (non-hydrogen) atoms. The normalized spacial score (nSPS) is 14.0. The van der Waals surface area contributed by atoms with Crippen molar-refractivity contribution in [2.75, 3.05) is 25.5 Å². The highest BCUT2D eigenvalue weighted by molar-refractivity contribution is 5.79. The number of fused-ring (bicyclic) bond motifs is 1. The molecule has 1 aliphatic rings. The number of rotatable bonds is 6. The molecule has 0 bridgehead atoms. The van der Waals surface area contributed by atoms with E-state index in [1.807, 2.05) is 0 Å². The number of halogens is 2. The van der Waals surface area contributed by atoms with Crippen LogP contribution in [-0.4, -0.2) is 33.2 Å². The van der Waals surface area contributed by atoms with Gasteiger partial charge in [-0.3, -0.25) is 4.99 Å². The summed E-state index contributed by atoms with van der Waals surface area (Å²) in [6.07, 6.45) is 2.27. The van der Waals surface area contributed by atoms with Crippen molar-refractivity contribution in [3.05, 3.63) is 59.2 Å². The highest BCUT2D eigenvalue weighted by Crippen LogP contribution is 2.26. The smallest absolute Gasteiger partial charge is 0.387 e. The van der Waals surface area contributed by atoms with E-state index < -0.39 is 6.61 Å². The van der Waals surface area contributed by atoms with Gasteiger partial charge in [-0.15, -0.1) is 0 Å². The van der Waals surface area contributed by atoms with Gasteiger partial charge < -0.3 is 20.3 Å². The van der Waals surface area contributed by atoms with E-state index in [9.17, 15) is 8.78 Å². The summed E-state index contributed by atoms with van der Waals surface area (Å²) < 4.78 is 29.6. The van der Waals surface area contributed by atoms with Gasteiger partial charge >= 0.3 is 6.61 Å². The van der Waals surface area contributed by atoms with Gasteiger partial charge in [0.15, 0.2) is 5.96 Å². The highest BCUT2D eigenvalue weighted by atomic mass is 19.3. The number of aryl methyl sites for hydroxylation is 1. The number of hydrogen-bond donors (Lipinski definition) is 2. The lowest BCUT2D eigenvalue weighted by Gasteiger charge is -2.28. The zero-order chi connectivity index (χ0) is 19.9. The summed E-state index contributed by atoms with van der Waals surface area (Å²) in [6, 6.07) is 13.3. The molecule has 0 saturated heterocycles. The lowest BCUT2D eigenvalue weighted by atomic mass is 9.99. The molecule has 0 aromatic heterocycles. The summed E-state index contributed by atoms with van der Waals surface area (Å²) in [7, 11) is 3.80. The number of nitrogens with one attached hydrogen (secondary N) is 2. The van der Waals surface area contributed by atoms with E-state index in [2.05, 4.69) is 50.5 Å². The first kappa shape index (κ1) is 19.9. The molecule has 0 spiro atoms. The number of nitrogens with zero attached hydrogens (tertiary/aromatic N) is 2. The number of ether oxygens (including phenoxy) is 1. The monoisotopic (exact) mass is 388 g/mol. The molecule has 0 saturated carbocycles. The van der Waals surface area contributed by atoms with E-state index in [1.165, 1.54) is 29.3 Å². The van der Waals surface area contributed by atoms with Gasteiger partial charge in [0.05, 0.1) is 0 Å². The molecule has 2 aromatic rings. The molecule has 7 heteroatoms. The van der Waals surface area contributed by atoms with Crippen molar-refractivity contribution in [2.45, 2.75) is 32.5 Å². The van der Waals surface area contributed by atoms with Gasteiger partial charge in [0, 0.05) is 45.0 Å². The number of hydrogen-bond acceptors (Lipinski definition) is 3. The Balaban J connectivity index is 1.57. The molecule has 0 atom stereocenters. The third kappa shape index (κ3) is 5.12. The van der Waals surface area contributed by atoms with Crippen LogP contribution in [0.3, 0.4) is 0 Å². The summed E-state index contributed by atoms with van der Waals surface area (Å²) in [6.45, 7) is -0.789. The maximum Gasteiger partial charge on any atom is 0.387 e. The Morgan fingerprint density at radius 1 is 1.18 bits per heavy atom. The fraction of sp³-hybridized carbons (Fsp3) is 0.381. The van der Waals surface area contributed by atoms with Crippen LogP contribution < -0.4 is 20.3 Å². The van der Waals surface area contributed by atoms with Crippen LogP contribution in [0.2, 0.25) is 0 Å². The topological polar surface area (TPSA) is 48.9 Å². The zero-order valence-electron chi connectivity index (χ0n) is 16.2. The lowest BCUT2D eigenvalue weighted by Crippen LogP contribution is -2.36. The molecular formula is C21H26F2N4O. The Bertz CT molecular complexity index is 826. The number of alkyl halides is 2. The number of guanidine groups is 1. The van der Waals surface area contributed by atoms with Gasteiger partial charge in [-0.05, 0) is 36.1 Å². The van der Waals surface area contributed by atoms with Crippen LogP contribution in [-0.2, 0) is 19.5 Å². The maximum absolute atomic E-state index is 12.5. The molecule has 2 aromatic carbocycles. The first-order chi connectivity index (χ1) is 13.6. The molecule has 150 valence electrons. The Morgan fingerprint density at radius 3 is 2.75 bits per heavy atom. The Hall–Kier alpha value is -2.83. The Labute approximate surface area is 164 Å². The maximum atomic E-state index is 12.5. The predicted octanol–water partition coefficient (Wildman–Crippen LogP) is 3.54. The molecule has 1 aliphatic heterocycles. The second-order valence-electron chi connectivity index (χ2n) is 6.75. The van der Waals surface area contributed by atoms with Crippen LogP contribution in [0, 0.1) is 0 Å². The van der Waals surface area contributed by atoms with Crippen LogP contribution in [0.15, 0.2) is 47.5 Å². The van der Waals surface area contributed by atoms with Crippen LogP contribution in [0.25, 0.3) is 0 Å². The van der Waals surface area contributed by atoms with E-state index in [0.717, 1.165) is 13.0 Å². The number of para-hydroxylation sites is 1. The molecule has 5 nitrogen and oxygen atoms in total. The third-order valence-electron chi connectivity index (χ3n) is 4.81. The second kappa shape index (κ2) is 9.39. The molecule has 3 rings (SSSR count). The van der Waals surface area contributed by atoms with Gasteiger partial charge in [-0.25, -0.2) is 0 Å². The third-order valence-corrected chi connectivity index (χ3v) is 4.81. The minimum absolute atomic E-state index is 0.166. The van der Waals surface area contributed by atoms with Crippen molar-refractivity contribution in [1.29, 1.82) is 0 Å². The highest BCUT2D eigenvalue weighted by Gasteiger charge is 2.14. The molecule has 0 unspecified atom stereocenters.